The average Bonchev–Trinajstić information content (AvgIpc) is 3.56. The molecule has 1 amide bonds. The first-order chi connectivity index (χ1) is 20.2. The molecule has 2 aromatic carbocycles. The summed E-state index contributed by atoms with van der Waals surface area (Å²) >= 11 is 6.29. The zero-order chi connectivity index (χ0) is 29.5. The third-order valence-electron chi connectivity index (χ3n) is 9.07. The maximum Gasteiger partial charge on any atom is 0.271 e. The number of aliphatic hydroxyl groups excluding tert-OH is 1. The van der Waals surface area contributed by atoms with Crippen LogP contribution in [0.15, 0.2) is 36.4 Å². The number of carbonyl (C=O) groups is 1. The van der Waals surface area contributed by atoms with Gasteiger partial charge in [0.15, 0.2) is 0 Å². The number of aromatic nitrogens is 2. The van der Waals surface area contributed by atoms with Crippen molar-refractivity contribution in [2.75, 3.05) is 37.6 Å². The minimum absolute atomic E-state index is 0.0470. The van der Waals surface area contributed by atoms with Crippen LogP contribution in [0, 0.1) is 17.0 Å². The number of fused-ring (bicyclic) bond motifs is 2. The number of anilines is 1. The maximum atomic E-state index is 12.2. The van der Waals surface area contributed by atoms with Gasteiger partial charge in [-0.25, -0.2) is 0 Å². The van der Waals surface area contributed by atoms with Gasteiger partial charge >= 0.3 is 0 Å². The molecule has 3 aliphatic rings. The van der Waals surface area contributed by atoms with Crippen molar-refractivity contribution in [3.05, 3.63) is 73.9 Å². The van der Waals surface area contributed by atoms with Crippen LogP contribution in [0.1, 0.15) is 42.1 Å². The van der Waals surface area contributed by atoms with Crippen LogP contribution in [0.2, 0.25) is 5.02 Å². The standard InChI is InChI=1S/C31H37ClN6O4/c1-20-15-23(4-6-28(20)32)31-27-19-35(21(2)39)13-10-29(27)37(33-31)18-26(40)17-34-11-8-24(9-12-34)36-14-7-22-3-5-25(38(41)42)16-30(22)36/h3-6,15-16,24,26,40H,7-14,17-19H2,1-2H3. The number of nitrogens with zero attached hydrogens (tertiary/aromatic N) is 6. The number of benzene rings is 2. The van der Waals surface area contributed by atoms with Crippen molar-refractivity contribution in [1.82, 2.24) is 19.6 Å². The Morgan fingerprint density at radius 3 is 2.62 bits per heavy atom. The van der Waals surface area contributed by atoms with Crippen molar-refractivity contribution in [2.24, 2.45) is 0 Å². The molecular formula is C31H37ClN6O4. The monoisotopic (exact) mass is 592 g/mol. The second kappa shape index (κ2) is 11.7. The van der Waals surface area contributed by atoms with Gasteiger partial charge in [-0.1, -0.05) is 23.7 Å². The lowest BCUT2D eigenvalue weighted by Crippen LogP contribution is -2.47. The molecule has 1 aromatic heterocycles. The highest BCUT2D eigenvalue weighted by Gasteiger charge is 2.32. The van der Waals surface area contributed by atoms with E-state index in [1.54, 1.807) is 19.1 Å². The van der Waals surface area contributed by atoms with Gasteiger partial charge < -0.3 is 19.8 Å². The lowest BCUT2D eigenvalue weighted by molar-refractivity contribution is -0.384. The van der Waals surface area contributed by atoms with Crippen molar-refractivity contribution < 1.29 is 14.8 Å². The molecule has 10 nitrogen and oxygen atoms in total. The van der Waals surface area contributed by atoms with E-state index in [-0.39, 0.29) is 16.5 Å². The van der Waals surface area contributed by atoms with Gasteiger partial charge in [-0.2, -0.15) is 5.10 Å². The van der Waals surface area contributed by atoms with Crippen LogP contribution < -0.4 is 4.90 Å². The summed E-state index contributed by atoms with van der Waals surface area (Å²) in [5.41, 5.74) is 7.22. The molecule has 6 rings (SSSR count). The molecule has 0 saturated carbocycles. The lowest BCUT2D eigenvalue weighted by atomic mass is 9.99. The maximum absolute atomic E-state index is 12.2. The zero-order valence-corrected chi connectivity index (χ0v) is 24.9. The molecule has 222 valence electrons. The van der Waals surface area contributed by atoms with Crippen molar-refractivity contribution in [3.63, 3.8) is 0 Å². The highest BCUT2D eigenvalue weighted by atomic mass is 35.5. The molecule has 0 aliphatic carbocycles. The molecule has 42 heavy (non-hydrogen) atoms. The number of aryl methyl sites for hydroxylation is 1. The lowest BCUT2D eigenvalue weighted by Gasteiger charge is -2.38. The van der Waals surface area contributed by atoms with E-state index < -0.39 is 6.10 Å². The summed E-state index contributed by atoms with van der Waals surface area (Å²) in [5, 5.41) is 28.2. The van der Waals surface area contributed by atoms with Crippen LogP contribution in [-0.4, -0.2) is 80.4 Å². The number of amides is 1. The summed E-state index contributed by atoms with van der Waals surface area (Å²) in [6.07, 6.45) is 2.93. The predicted octanol–water partition coefficient (Wildman–Crippen LogP) is 4.21. The van der Waals surface area contributed by atoms with Crippen LogP contribution in [-0.2, 0) is 30.7 Å². The number of nitro benzene ring substituents is 1. The number of hydrogen-bond donors (Lipinski definition) is 1. The smallest absolute Gasteiger partial charge is 0.271 e. The van der Waals surface area contributed by atoms with Crippen LogP contribution in [0.25, 0.3) is 11.3 Å². The molecule has 3 aromatic rings. The molecule has 1 saturated heterocycles. The Kier molecular flexibility index (Phi) is 7.95. The number of aliphatic hydroxyl groups is 1. The van der Waals surface area contributed by atoms with Gasteiger partial charge in [-0.3, -0.25) is 19.6 Å². The van der Waals surface area contributed by atoms with E-state index in [9.17, 15) is 20.0 Å². The van der Waals surface area contributed by atoms with E-state index in [0.717, 1.165) is 72.7 Å². The summed E-state index contributed by atoms with van der Waals surface area (Å²) in [7, 11) is 0. The second-order valence-corrected chi connectivity index (χ2v) is 12.2. The highest BCUT2D eigenvalue weighted by molar-refractivity contribution is 6.31. The number of carbonyl (C=O) groups excluding carboxylic acids is 1. The van der Waals surface area contributed by atoms with Gasteiger partial charge in [0.2, 0.25) is 5.91 Å². The van der Waals surface area contributed by atoms with Gasteiger partial charge in [0.1, 0.15) is 0 Å². The summed E-state index contributed by atoms with van der Waals surface area (Å²) in [4.78, 5) is 29.7. The number of nitro groups is 1. The molecule has 1 fully saturated rings. The van der Waals surface area contributed by atoms with E-state index in [1.165, 1.54) is 5.56 Å². The van der Waals surface area contributed by atoms with E-state index in [2.05, 4.69) is 9.80 Å². The van der Waals surface area contributed by atoms with E-state index in [4.69, 9.17) is 16.7 Å². The molecular weight excluding hydrogens is 556 g/mol. The number of hydrogen-bond acceptors (Lipinski definition) is 7. The number of β-amino-alcohol motifs (C(OH)–C–C–N with tert-alkyl or cyclic N) is 1. The molecule has 1 atom stereocenters. The van der Waals surface area contributed by atoms with Gasteiger partial charge in [-0.05, 0) is 49.4 Å². The van der Waals surface area contributed by atoms with Crippen LogP contribution in [0.4, 0.5) is 11.4 Å². The van der Waals surface area contributed by atoms with Crippen molar-refractivity contribution in [1.29, 1.82) is 0 Å². The molecule has 0 radical (unpaired) electrons. The number of non-ortho nitro benzene ring substituents is 1. The fourth-order valence-corrected chi connectivity index (χ4v) is 6.91. The largest absolute Gasteiger partial charge is 0.390 e. The van der Waals surface area contributed by atoms with Crippen LogP contribution >= 0.6 is 11.6 Å². The normalized spacial score (nSPS) is 18.2. The third kappa shape index (κ3) is 5.63. The van der Waals surface area contributed by atoms with Crippen molar-refractivity contribution in [3.8, 4) is 11.3 Å². The fourth-order valence-electron chi connectivity index (χ4n) is 6.79. The SMILES string of the molecule is CC(=O)N1CCc2c(c(-c3ccc(Cl)c(C)c3)nn2CC(O)CN2CCC(N3CCc4ccc([N+](=O)[O-])cc43)CC2)C1. The average molecular weight is 593 g/mol. The van der Waals surface area contributed by atoms with Gasteiger partial charge in [-0.15, -0.1) is 0 Å². The van der Waals surface area contributed by atoms with Crippen LogP contribution in [0.3, 0.4) is 0 Å². The number of rotatable bonds is 7. The Morgan fingerprint density at radius 1 is 1.12 bits per heavy atom. The Hall–Kier alpha value is -3.47. The minimum Gasteiger partial charge on any atom is -0.390 e. The van der Waals surface area contributed by atoms with Crippen molar-refractivity contribution in [2.45, 2.75) is 64.8 Å². The molecule has 0 spiro atoms. The highest BCUT2D eigenvalue weighted by Crippen LogP contribution is 2.36. The molecule has 0 bridgehead atoms. The van der Waals surface area contributed by atoms with Gasteiger partial charge in [0.25, 0.3) is 5.69 Å². The third-order valence-corrected chi connectivity index (χ3v) is 9.50. The first kappa shape index (κ1) is 28.6. The first-order valence-electron chi connectivity index (χ1n) is 14.7. The molecule has 1 unspecified atom stereocenters. The summed E-state index contributed by atoms with van der Waals surface area (Å²) < 4.78 is 1.94. The van der Waals surface area contributed by atoms with Crippen LogP contribution in [0.5, 0.6) is 0 Å². The number of piperidine rings is 1. The summed E-state index contributed by atoms with van der Waals surface area (Å²) in [6, 6.07) is 11.4. The van der Waals surface area contributed by atoms with E-state index in [0.29, 0.717) is 43.7 Å². The summed E-state index contributed by atoms with van der Waals surface area (Å²) in [5.74, 6) is 0.0470. The molecule has 11 heteroatoms. The van der Waals surface area contributed by atoms with E-state index >= 15 is 0 Å². The second-order valence-electron chi connectivity index (χ2n) is 11.8. The number of halogens is 1. The molecule has 4 heterocycles. The summed E-state index contributed by atoms with van der Waals surface area (Å²) in [6.45, 7) is 8.27. The van der Waals surface area contributed by atoms with Gasteiger partial charge in [0.05, 0.1) is 23.3 Å². The number of likely N-dealkylation sites (tertiary alicyclic amines) is 1. The fraction of sp³-hybridized carbons (Fsp3) is 0.484. The Morgan fingerprint density at radius 2 is 1.90 bits per heavy atom. The van der Waals surface area contributed by atoms with Gasteiger partial charge in [0, 0.05) is 98.3 Å². The predicted molar refractivity (Wildman–Crippen MR) is 162 cm³/mol. The topological polar surface area (TPSA) is 108 Å². The Bertz CT molecular complexity index is 1520. The quantitative estimate of drug-likeness (QED) is 0.323. The Labute approximate surface area is 250 Å². The first-order valence-corrected chi connectivity index (χ1v) is 15.1. The molecule has 3 aliphatic heterocycles. The zero-order valence-electron chi connectivity index (χ0n) is 24.1. The molecule has 1 N–H and O–H groups in total. The minimum atomic E-state index is -0.591. The van der Waals surface area contributed by atoms with E-state index in [1.807, 2.05) is 40.8 Å². The Balaban J connectivity index is 1.12. The van der Waals surface area contributed by atoms with Crippen molar-refractivity contribution >= 4 is 28.9 Å².